The van der Waals surface area contributed by atoms with Gasteiger partial charge in [0, 0.05) is 18.1 Å². The van der Waals surface area contributed by atoms with E-state index >= 15 is 0 Å². The lowest BCUT2D eigenvalue weighted by Crippen LogP contribution is -2.45. The van der Waals surface area contributed by atoms with Gasteiger partial charge in [-0.1, -0.05) is 48.6 Å². The molecule has 5 atom stereocenters. The molecular weight excluding hydrogens is 230 g/mol. The zero-order chi connectivity index (χ0) is 12.7. The van der Waals surface area contributed by atoms with E-state index in [1.807, 2.05) is 0 Å². The third-order valence-electron chi connectivity index (χ3n) is 5.48. The second kappa shape index (κ2) is 4.79. The smallest absolute Gasteiger partial charge is 0.0322 e. The lowest BCUT2D eigenvalue weighted by atomic mass is 9.78. The van der Waals surface area contributed by atoms with E-state index in [1.165, 1.54) is 32.1 Å². The molecule has 100 valence electrons. The van der Waals surface area contributed by atoms with Crippen LogP contribution >= 0.6 is 0 Å². The van der Waals surface area contributed by atoms with E-state index < -0.39 is 0 Å². The molecule has 0 aromatic carbocycles. The molecule has 4 rings (SSSR count). The molecule has 19 heavy (non-hydrogen) atoms. The summed E-state index contributed by atoms with van der Waals surface area (Å²) in [6.45, 7) is 0. The largest absolute Gasteiger partial charge is 0.289 e. The van der Waals surface area contributed by atoms with Gasteiger partial charge in [0.05, 0.1) is 0 Å². The third-order valence-corrected chi connectivity index (χ3v) is 5.48. The van der Waals surface area contributed by atoms with Crippen molar-refractivity contribution in [3.05, 3.63) is 48.6 Å². The Morgan fingerprint density at radius 1 is 0.789 bits per heavy atom. The average Bonchev–Trinajstić information content (AvgIpc) is 2.83. The highest BCUT2D eigenvalue weighted by Crippen LogP contribution is 2.47. The fourth-order valence-corrected chi connectivity index (χ4v) is 4.72. The minimum absolute atomic E-state index is 0.644. The first kappa shape index (κ1) is 11.7. The summed E-state index contributed by atoms with van der Waals surface area (Å²) >= 11 is 0. The van der Waals surface area contributed by atoms with Gasteiger partial charge in [-0.3, -0.25) is 4.90 Å². The van der Waals surface area contributed by atoms with Crippen molar-refractivity contribution in [2.75, 3.05) is 0 Å². The van der Waals surface area contributed by atoms with Gasteiger partial charge in [0.25, 0.3) is 0 Å². The Morgan fingerprint density at radius 3 is 2.63 bits per heavy atom. The van der Waals surface area contributed by atoms with Crippen molar-refractivity contribution in [3.63, 3.8) is 0 Å². The van der Waals surface area contributed by atoms with E-state index in [0.717, 1.165) is 23.9 Å². The number of rotatable bonds is 1. The van der Waals surface area contributed by atoms with Crippen molar-refractivity contribution in [1.82, 2.24) is 4.90 Å². The summed E-state index contributed by atoms with van der Waals surface area (Å²) in [5.74, 6) is 1.67. The molecule has 0 aromatic heterocycles. The normalized spacial score (nSPS) is 44.3. The van der Waals surface area contributed by atoms with E-state index in [4.69, 9.17) is 0 Å². The molecule has 0 saturated carbocycles. The Morgan fingerprint density at radius 2 is 1.74 bits per heavy atom. The molecule has 0 amide bonds. The highest BCUT2D eigenvalue weighted by molar-refractivity contribution is 5.21. The summed E-state index contributed by atoms with van der Waals surface area (Å²) in [4.78, 5) is 2.88. The summed E-state index contributed by atoms with van der Waals surface area (Å²) < 4.78 is 0. The van der Waals surface area contributed by atoms with Crippen LogP contribution in [0.15, 0.2) is 48.6 Å². The number of fused-ring (bicyclic) bond motifs is 3. The van der Waals surface area contributed by atoms with Crippen LogP contribution in [-0.4, -0.2) is 23.0 Å². The second-order valence-electron chi connectivity index (χ2n) is 6.39. The summed E-state index contributed by atoms with van der Waals surface area (Å²) in [6.07, 6.45) is 25.4. The van der Waals surface area contributed by atoms with Crippen molar-refractivity contribution >= 4 is 0 Å². The Bertz CT molecular complexity index is 456. The molecule has 0 bridgehead atoms. The quantitative estimate of drug-likeness (QED) is 0.641. The third kappa shape index (κ3) is 1.87. The minimum atomic E-state index is 0.644. The molecule has 0 aromatic rings. The van der Waals surface area contributed by atoms with Gasteiger partial charge in [-0.2, -0.15) is 0 Å². The molecule has 3 aliphatic carbocycles. The molecule has 0 spiro atoms. The number of allylic oxidation sites excluding steroid dienone is 4. The maximum absolute atomic E-state index is 2.88. The van der Waals surface area contributed by atoms with E-state index in [1.54, 1.807) is 0 Å². The highest BCUT2D eigenvalue weighted by Gasteiger charge is 2.49. The monoisotopic (exact) mass is 253 g/mol. The molecular formula is C18H23N. The van der Waals surface area contributed by atoms with Crippen LogP contribution in [0.1, 0.15) is 32.1 Å². The standard InChI is InChI=1S/C18H23N/c1-2-8-14(9-3-1)19-17-12-6-4-10-15(17)16-11-5-7-13-18(16)19/h1-6,8,11,14-18H,7,9-10,12-13H2. The Kier molecular flexibility index (Phi) is 2.96. The first-order valence-corrected chi connectivity index (χ1v) is 7.87. The lowest BCUT2D eigenvalue weighted by molar-refractivity contribution is 0.132. The van der Waals surface area contributed by atoms with Crippen molar-refractivity contribution in [2.24, 2.45) is 11.8 Å². The van der Waals surface area contributed by atoms with Crippen molar-refractivity contribution in [3.8, 4) is 0 Å². The Hall–Kier alpha value is -1.08. The average molecular weight is 253 g/mol. The fraction of sp³-hybridized carbons (Fsp3) is 0.556. The van der Waals surface area contributed by atoms with Crippen LogP contribution in [0, 0.1) is 11.8 Å². The summed E-state index contributed by atoms with van der Waals surface area (Å²) in [7, 11) is 0. The van der Waals surface area contributed by atoms with E-state index in [2.05, 4.69) is 53.5 Å². The Balaban J connectivity index is 1.67. The van der Waals surface area contributed by atoms with Crippen LogP contribution in [0.3, 0.4) is 0 Å². The summed E-state index contributed by atoms with van der Waals surface area (Å²) in [6, 6.07) is 2.22. The first-order valence-electron chi connectivity index (χ1n) is 7.87. The van der Waals surface area contributed by atoms with Gasteiger partial charge in [-0.15, -0.1) is 0 Å². The number of hydrogen-bond donors (Lipinski definition) is 0. The topological polar surface area (TPSA) is 3.24 Å². The van der Waals surface area contributed by atoms with Crippen molar-refractivity contribution in [2.45, 2.75) is 50.2 Å². The van der Waals surface area contributed by atoms with E-state index in [-0.39, 0.29) is 0 Å². The van der Waals surface area contributed by atoms with Crippen LogP contribution in [0.2, 0.25) is 0 Å². The maximum Gasteiger partial charge on any atom is 0.0322 e. The van der Waals surface area contributed by atoms with Gasteiger partial charge in [-0.05, 0) is 43.9 Å². The molecule has 1 heterocycles. The van der Waals surface area contributed by atoms with E-state index in [0.29, 0.717) is 6.04 Å². The van der Waals surface area contributed by atoms with Crippen LogP contribution in [-0.2, 0) is 0 Å². The van der Waals surface area contributed by atoms with Crippen LogP contribution in [0.4, 0.5) is 0 Å². The van der Waals surface area contributed by atoms with Gasteiger partial charge >= 0.3 is 0 Å². The molecule has 1 aliphatic heterocycles. The summed E-state index contributed by atoms with van der Waals surface area (Å²) in [5, 5.41) is 0. The fourth-order valence-electron chi connectivity index (χ4n) is 4.72. The van der Waals surface area contributed by atoms with Gasteiger partial charge in [-0.25, -0.2) is 0 Å². The zero-order valence-corrected chi connectivity index (χ0v) is 11.5. The molecule has 1 saturated heterocycles. The molecule has 5 unspecified atom stereocenters. The predicted octanol–water partition coefficient (Wildman–Crippen LogP) is 3.86. The second-order valence-corrected chi connectivity index (χ2v) is 6.39. The van der Waals surface area contributed by atoms with Crippen molar-refractivity contribution < 1.29 is 0 Å². The van der Waals surface area contributed by atoms with Crippen LogP contribution in [0.5, 0.6) is 0 Å². The predicted molar refractivity (Wildman–Crippen MR) is 79.8 cm³/mol. The van der Waals surface area contributed by atoms with E-state index in [9.17, 15) is 0 Å². The molecule has 0 radical (unpaired) electrons. The molecule has 0 N–H and O–H groups in total. The SMILES string of the molecule is C1=CCC(N2C3CCC=CC3C3CC=CCC32)C=C1. The van der Waals surface area contributed by atoms with Crippen molar-refractivity contribution in [1.29, 1.82) is 0 Å². The first-order chi connectivity index (χ1) is 9.45. The van der Waals surface area contributed by atoms with Gasteiger partial charge in [0.2, 0.25) is 0 Å². The van der Waals surface area contributed by atoms with Crippen LogP contribution < -0.4 is 0 Å². The molecule has 4 aliphatic rings. The van der Waals surface area contributed by atoms with Gasteiger partial charge < -0.3 is 0 Å². The van der Waals surface area contributed by atoms with Gasteiger partial charge in [0.15, 0.2) is 0 Å². The number of likely N-dealkylation sites (tertiary alicyclic amines) is 1. The maximum atomic E-state index is 2.88. The molecule has 1 heteroatoms. The molecule has 1 nitrogen and oxygen atoms in total. The highest BCUT2D eigenvalue weighted by atomic mass is 15.3. The van der Waals surface area contributed by atoms with Crippen LogP contribution in [0.25, 0.3) is 0 Å². The minimum Gasteiger partial charge on any atom is -0.289 e. The molecule has 1 fully saturated rings. The zero-order valence-electron chi connectivity index (χ0n) is 11.5. The number of nitrogens with zero attached hydrogens (tertiary/aromatic N) is 1. The Labute approximate surface area is 116 Å². The number of hydrogen-bond acceptors (Lipinski definition) is 1. The lowest BCUT2D eigenvalue weighted by Gasteiger charge is -2.38. The summed E-state index contributed by atoms with van der Waals surface area (Å²) in [5.41, 5.74) is 0. The van der Waals surface area contributed by atoms with Gasteiger partial charge in [0.1, 0.15) is 0 Å².